The number of hydrogen-bond acceptors (Lipinski definition) is 3. The van der Waals surface area contributed by atoms with Crippen LogP contribution in [0.3, 0.4) is 0 Å². The van der Waals surface area contributed by atoms with Crippen LogP contribution in [-0.2, 0) is 9.59 Å². The maximum absolute atomic E-state index is 12.5. The van der Waals surface area contributed by atoms with Gasteiger partial charge in [-0.15, -0.1) is 0 Å². The molecular weight excluding hydrogens is 363 g/mol. The molecule has 0 atom stereocenters. The van der Waals surface area contributed by atoms with E-state index in [4.69, 9.17) is 27.9 Å². The zero-order valence-electron chi connectivity index (χ0n) is 13.5. The van der Waals surface area contributed by atoms with Crippen molar-refractivity contribution in [1.29, 1.82) is 0 Å². The molecule has 3 rings (SSSR count). The van der Waals surface area contributed by atoms with E-state index in [1.807, 2.05) is 12.1 Å². The summed E-state index contributed by atoms with van der Waals surface area (Å²) < 4.78 is 5.40. The third-order valence-electron chi connectivity index (χ3n) is 3.97. The zero-order valence-corrected chi connectivity index (χ0v) is 15.0. The first-order chi connectivity index (χ1) is 12.0. The largest absolute Gasteiger partial charge is 0.482 e. The van der Waals surface area contributed by atoms with Crippen molar-refractivity contribution in [2.45, 2.75) is 6.42 Å². The van der Waals surface area contributed by atoms with Gasteiger partial charge < -0.3 is 14.5 Å². The number of benzene rings is 2. The molecule has 5 nitrogen and oxygen atoms in total. The molecule has 7 heteroatoms. The van der Waals surface area contributed by atoms with Crippen molar-refractivity contribution in [3.05, 3.63) is 52.5 Å². The number of nitrogens with zero attached hydrogens (tertiary/aromatic N) is 2. The van der Waals surface area contributed by atoms with Gasteiger partial charge in [0.15, 0.2) is 6.61 Å². The van der Waals surface area contributed by atoms with E-state index in [-0.39, 0.29) is 31.4 Å². The van der Waals surface area contributed by atoms with Gasteiger partial charge in [-0.25, -0.2) is 0 Å². The van der Waals surface area contributed by atoms with Crippen LogP contribution < -0.4 is 14.5 Å². The summed E-state index contributed by atoms with van der Waals surface area (Å²) in [5.41, 5.74) is 1.29. The second-order valence-corrected chi connectivity index (χ2v) is 6.51. The van der Waals surface area contributed by atoms with E-state index < -0.39 is 0 Å². The normalized spacial score (nSPS) is 13.2. The molecule has 1 aliphatic heterocycles. The molecule has 130 valence electrons. The summed E-state index contributed by atoms with van der Waals surface area (Å²) in [5, 5.41) is 0.916. The van der Waals surface area contributed by atoms with Crippen LogP contribution >= 0.6 is 23.2 Å². The van der Waals surface area contributed by atoms with Crippen LogP contribution in [0.25, 0.3) is 0 Å². The highest BCUT2D eigenvalue weighted by Crippen LogP contribution is 2.31. The molecule has 0 aromatic heterocycles. The summed E-state index contributed by atoms with van der Waals surface area (Å²) in [7, 11) is 1.65. The topological polar surface area (TPSA) is 49.9 Å². The molecule has 25 heavy (non-hydrogen) atoms. The predicted octanol–water partition coefficient (Wildman–Crippen LogP) is 3.77. The van der Waals surface area contributed by atoms with E-state index in [0.717, 1.165) is 0 Å². The molecule has 2 amide bonds. The van der Waals surface area contributed by atoms with Crippen molar-refractivity contribution in [2.75, 3.05) is 30.0 Å². The lowest BCUT2D eigenvalue weighted by molar-refractivity contribution is -0.121. The molecule has 0 spiro atoms. The van der Waals surface area contributed by atoms with Crippen LogP contribution in [0.15, 0.2) is 42.5 Å². The van der Waals surface area contributed by atoms with E-state index in [1.54, 1.807) is 42.3 Å². The van der Waals surface area contributed by atoms with Crippen LogP contribution in [0, 0.1) is 0 Å². The number of hydrogen-bond donors (Lipinski definition) is 0. The van der Waals surface area contributed by atoms with Gasteiger partial charge in [0, 0.05) is 35.7 Å². The number of para-hydroxylation sites is 2. The molecule has 0 unspecified atom stereocenters. The van der Waals surface area contributed by atoms with Gasteiger partial charge in [0.05, 0.1) is 5.69 Å². The maximum Gasteiger partial charge on any atom is 0.265 e. The number of halogens is 2. The Labute approximate surface area is 155 Å². The molecule has 0 fully saturated rings. The van der Waals surface area contributed by atoms with Gasteiger partial charge in [-0.05, 0) is 30.3 Å². The van der Waals surface area contributed by atoms with Gasteiger partial charge in [0.25, 0.3) is 5.91 Å². The van der Waals surface area contributed by atoms with Gasteiger partial charge in [0.1, 0.15) is 5.75 Å². The van der Waals surface area contributed by atoms with E-state index >= 15 is 0 Å². The summed E-state index contributed by atoms with van der Waals surface area (Å²) in [5.74, 6) is 0.333. The SMILES string of the molecule is CN(C(=O)CCN1C(=O)COc2ccccc21)c1cc(Cl)cc(Cl)c1. The quantitative estimate of drug-likeness (QED) is 0.813. The van der Waals surface area contributed by atoms with Crippen molar-refractivity contribution in [3.63, 3.8) is 0 Å². The van der Waals surface area contributed by atoms with Crippen molar-refractivity contribution in [1.82, 2.24) is 0 Å². The average Bonchev–Trinajstić information content (AvgIpc) is 2.59. The zero-order chi connectivity index (χ0) is 18.0. The van der Waals surface area contributed by atoms with Crippen LogP contribution in [-0.4, -0.2) is 32.0 Å². The molecule has 0 saturated heterocycles. The molecule has 0 aliphatic carbocycles. The first-order valence-electron chi connectivity index (χ1n) is 7.70. The highest BCUT2D eigenvalue weighted by atomic mass is 35.5. The maximum atomic E-state index is 12.5. The number of amides is 2. The fourth-order valence-electron chi connectivity index (χ4n) is 2.65. The lowest BCUT2D eigenvalue weighted by atomic mass is 10.2. The lowest BCUT2D eigenvalue weighted by Gasteiger charge is -2.29. The Hall–Kier alpha value is -2.24. The number of anilines is 2. The number of carbonyl (C=O) groups excluding carboxylic acids is 2. The van der Waals surface area contributed by atoms with Crippen LogP contribution in [0.4, 0.5) is 11.4 Å². The van der Waals surface area contributed by atoms with E-state index in [9.17, 15) is 9.59 Å². The summed E-state index contributed by atoms with van der Waals surface area (Å²) in [6, 6.07) is 12.2. The molecule has 1 aliphatic rings. The van der Waals surface area contributed by atoms with E-state index in [1.165, 1.54) is 4.90 Å². The van der Waals surface area contributed by atoms with Gasteiger partial charge in [0.2, 0.25) is 5.91 Å². The second kappa shape index (κ2) is 7.33. The van der Waals surface area contributed by atoms with E-state index in [2.05, 4.69) is 0 Å². The molecule has 2 aromatic rings. The van der Waals surface area contributed by atoms with Gasteiger partial charge in [-0.3, -0.25) is 9.59 Å². The van der Waals surface area contributed by atoms with Crippen LogP contribution in [0.2, 0.25) is 10.0 Å². The molecule has 2 aromatic carbocycles. The Balaban J connectivity index is 1.71. The molecule has 1 heterocycles. The van der Waals surface area contributed by atoms with Crippen molar-refractivity contribution >= 4 is 46.4 Å². The van der Waals surface area contributed by atoms with Crippen LogP contribution in [0.5, 0.6) is 5.75 Å². The Morgan fingerprint density at radius 1 is 1.20 bits per heavy atom. The summed E-state index contributed by atoms with van der Waals surface area (Å²) in [4.78, 5) is 27.7. The lowest BCUT2D eigenvalue weighted by Crippen LogP contribution is -2.41. The van der Waals surface area contributed by atoms with Crippen molar-refractivity contribution < 1.29 is 14.3 Å². The molecule has 0 saturated carbocycles. The predicted molar refractivity (Wildman–Crippen MR) is 98.8 cm³/mol. The fourth-order valence-corrected chi connectivity index (χ4v) is 3.17. The number of rotatable bonds is 4. The summed E-state index contributed by atoms with van der Waals surface area (Å²) >= 11 is 12.0. The van der Waals surface area contributed by atoms with Gasteiger partial charge in [-0.2, -0.15) is 0 Å². The summed E-state index contributed by atoms with van der Waals surface area (Å²) in [6.07, 6.45) is 0.167. The Morgan fingerprint density at radius 3 is 2.60 bits per heavy atom. The summed E-state index contributed by atoms with van der Waals surface area (Å²) in [6.45, 7) is 0.252. The van der Waals surface area contributed by atoms with Gasteiger partial charge >= 0.3 is 0 Å². The highest BCUT2D eigenvalue weighted by Gasteiger charge is 2.26. The minimum absolute atomic E-state index is 0.0229. The molecule has 0 bridgehead atoms. The minimum Gasteiger partial charge on any atom is -0.482 e. The van der Waals surface area contributed by atoms with Crippen LogP contribution in [0.1, 0.15) is 6.42 Å². The third kappa shape index (κ3) is 3.89. The number of fused-ring (bicyclic) bond motifs is 1. The third-order valence-corrected chi connectivity index (χ3v) is 4.40. The first-order valence-corrected chi connectivity index (χ1v) is 8.46. The van der Waals surface area contributed by atoms with E-state index in [0.29, 0.717) is 27.2 Å². The monoisotopic (exact) mass is 378 g/mol. The highest BCUT2D eigenvalue weighted by molar-refractivity contribution is 6.35. The fraction of sp³-hybridized carbons (Fsp3) is 0.222. The van der Waals surface area contributed by atoms with Crippen molar-refractivity contribution in [3.8, 4) is 5.75 Å². The Bertz CT molecular complexity index is 805. The number of carbonyl (C=O) groups is 2. The molecular formula is C18H16Cl2N2O3. The van der Waals surface area contributed by atoms with Gasteiger partial charge in [-0.1, -0.05) is 35.3 Å². The molecule has 0 radical (unpaired) electrons. The Morgan fingerprint density at radius 2 is 1.88 bits per heavy atom. The standard InChI is InChI=1S/C18H16Cl2N2O3/c1-21(14-9-12(19)8-13(20)10-14)17(23)6-7-22-15-4-2-3-5-16(15)25-11-18(22)24/h2-5,8-10H,6-7,11H2,1H3. The minimum atomic E-state index is -0.167. The smallest absolute Gasteiger partial charge is 0.265 e. The Kier molecular flexibility index (Phi) is 5.16. The second-order valence-electron chi connectivity index (χ2n) is 5.63. The first kappa shape index (κ1) is 17.6. The molecule has 0 N–H and O–H groups in total. The van der Waals surface area contributed by atoms with Crippen molar-refractivity contribution in [2.24, 2.45) is 0 Å². The number of ether oxygens (including phenoxy) is 1. The average molecular weight is 379 g/mol.